The van der Waals surface area contributed by atoms with Gasteiger partial charge in [-0.15, -0.1) is 0 Å². The first kappa shape index (κ1) is 19.7. The molecule has 0 fully saturated rings. The number of carbonyl (C=O) groups excluding carboxylic acids is 1. The van der Waals surface area contributed by atoms with Crippen molar-refractivity contribution in [3.63, 3.8) is 0 Å². The van der Waals surface area contributed by atoms with Crippen LogP contribution < -0.4 is 9.47 Å². The minimum Gasteiger partial charge on any atom is -0.492 e. The second kappa shape index (κ2) is 9.73. The molecule has 0 saturated carbocycles. The van der Waals surface area contributed by atoms with E-state index in [1.807, 2.05) is 13.0 Å². The number of para-hydroxylation sites is 1. The zero-order valence-corrected chi connectivity index (χ0v) is 15.0. The van der Waals surface area contributed by atoms with Crippen LogP contribution in [0.15, 0.2) is 42.5 Å². The second-order valence-corrected chi connectivity index (χ2v) is 5.77. The maximum atomic E-state index is 14.4. The highest BCUT2D eigenvalue weighted by molar-refractivity contribution is 5.97. The molecule has 0 unspecified atom stereocenters. The van der Waals surface area contributed by atoms with E-state index in [1.54, 1.807) is 24.3 Å². The maximum absolute atomic E-state index is 14.4. The average molecular weight is 358 g/mol. The summed E-state index contributed by atoms with van der Waals surface area (Å²) in [4.78, 5) is 12.7. The smallest absolute Gasteiger partial charge is 0.347 e. The van der Waals surface area contributed by atoms with Crippen molar-refractivity contribution in [2.45, 2.75) is 26.7 Å². The van der Waals surface area contributed by atoms with E-state index in [0.717, 1.165) is 12.8 Å². The quantitative estimate of drug-likeness (QED) is 0.428. The Hall–Kier alpha value is -2.66. The van der Waals surface area contributed by atoms with Crippen LogP contribution in [0.4, 0.5) is 4.39 Å². The SMILES string of the molecule is CCCCOc1c(/C=C/CO)cc(F)c(C)c1C(=O)Oc1ccccc1. The highest BCUT2D eigenvalue weighted by Gasteiger charge is 2.23. The third-order valence-electron chi connectivity index (χ3n) is 3.81. The van der Waals surface area contributed by atoms with Gasteiger partial charge in [0.15, 0.2) is 0 Å². The number of halogens is 1. The zero-order valence-electron chi connectivity index (χ0n) is 15.0. The van der Waals surface area contributed by atoms with Crippen LogP contribution in [0.1, 0.15) is 41.3 Å². The molecular formula is C21H23FO4. The highest BCUT2D eigenvalue weighted by atomic mass is 19.1. The van der Waals surface area contributed by atoms with Gasteiger partial charge in [0.1, 0.15) is 22.9 Å². The lowest BCUT2D eigenvalue weighted by Gasteiger charge is -2.17. The van der Waals surface area contributed by atoms with E-state index >= 15 is 0 Å². The number of aliphatic hydroxyl groups is 1. The first-order chi connectivity index (χ1) is 12.6. The van der Waals surface area contributed by atoms with Crippen molar-refractivity contribution in [3.05, 3.63) is 65.0 Å². The van der Waals surface area contributed by atoms with Crippen molar-refractivity contribution in [1.29, 1.82) is 0 Å². The van der Waals surface area contributed by atoms with Gasteiger partial charge in [0.2, 0.25) is 0 Å². The second-order valence-electron chi connectivity index (χ2n) is 5.77. The van der Waals surface area contributed by atoms with Gasteiger partial charge in [-0.25, -0.2) is 9.18 Å². The van der Waals surface area contributed by atoms with E-state index in [9.17, 15) is 9.18 Å². The number of carbonyl (C=O) groups is 1. The summed E-state index contributed by atoms with van der Waals surface area (Å²) in [5, 5.41) is 9.02. The number of hydrogen-bond donors (Lipinski definition) is 1. The molecule has 0 aliphatic rings. The Morgan fingerprint density at radius 1 is 1.27 bits per heavy atom. The van der Waals surface area contributed by atoms with Crippen LogP contribution in [0.3, 0.4) is 0 Å². The van der Waals surface area contributed by atoms with E-state index in [1.165, 1.54) is 25.1 Å². The Morgan fingerprint density at radius 3 is 2.65 bits per heavy atom. The van der Waals surface area contributed by atoms with Gasteiger partial charge in [-0.1, -0.05) is 43.7 Å². The number of esters is 1. The molecule has 26 heavy (non-hydrogen) atoms. The van der Waals surface area contributed by atoms with Crippen LogP contribution in [0.2, 0.25) is 0 Å². The first-order valence-electron chi connectivity index (χ1n) is 8.59. The Labute approximate surface area is 152 Å². The number of hydrogen-bond acceptors (Lipinski definition) is 4. The largest absolute Gasteiger partial charge is 0.492 e. The van der Waals surface area contributed by atoms with Crippen molar-refractivity contribution in [2.75, 3.05) is 13.2 Å². The summed E-state index contributed by atoms with van der Waals surface area (Å²) in [5.74, 6) is -0.583. The molecule has 2 aromatic carbocycles. The molecule has 1 N–H and O–H groups in total. The molecule has 2 rings (SSSR count). The molecule has 0 amide bonds. The molecule has 0 saturated heterocycles. The number of benzene rings is 2. The summed E-state index contributed by atoms with van der Waals surface area (Å²) < 4.78 is 25.6. The van der Waals surface area contributed by atoms with Crippen molar-refractivity contribution in [3.8, 4) is 11.5 Å². The monoisotopic (exact) mass is 358 g/mol. The van der Waals surface area contributed by atoms with Gasteiger partial charge < -0.3 is 14.6 Å². The van der Waals surface area contributed by atoms with Crippen LogP contribution in [0.25, 0.3) is 6.08 Å². The lowest BCUT2D eigenvalue weighted by molar-refractivity contribution is 0.0728. The number of aliphatic hydroxyl groups excluding tert-OH is 1. The lowest BCUT2D eigenvalue weighted by atomic mass is 10.0. The van der Waals surface area contributed by atoms with Crippen molar-refractivity contribution in [2.24, 2.45) is 0 Å². The number of ether oxygens (including phenoxy) is 2. The van der Waals surface area contributed by atoms with Crippen molar-refractivity contribution in [1.82, 2.24) is 0 Å². The molecular weight excluding hydrogens is 335 g/mol. The van der Waals surface area contributed by atoms with Crippen LogP contribution in [0.5, 0.6) is 11.5 Å². The molecule has 5 heteroatoms. The molecule has 4 nitrogen and oxygen atoms in total. The van der Waals surface area contributed by atoms with Crippen LogP contribution >= 0.6 is 0 Å². The molecule has 0 radical (unpaired) electrons. The van der Waals surface area contributed by atoms with Gasteiger partial charge in [0.05, 0.1) is 13.2 Å². The minimum absolute atomic E-state index is 0.0579. The van der Waals surface area contributed by atoms with E-state index in [2.05, 4.69) is 0 Å². The van der Waals surface area contributed by atoms with Gasteiger partial charge >= 0.3 is 5.97 Å². The predicted octanol–water partition coefficient (Wildman–Crippen LogP) is 4.54. The lowest BCUT2D eigenvalue weighted by Crippen LogP contribution is -2.15. The summed E-state index contributed by atoms with van der Waals surface area (Å²) in [5.41, 5.74) is 0.611. The molecule has 138 valence electrons. The average Bonchev–Trinajstić information content (AvgIpc) is 2.64. The zero-order chi connectivity index (χ0) is 18.9. The topological polar surface area (TPSA) is 55.8 Å². The van der Waals surface area contributed by atoms with E-state index in [-0.39, 0.29) is 23.5 Å². The van der Waals surface area contributed by atoms with E-state index in [0.29, 0.717) is 17.9 Å². The van der Waals surface area contributed by atoms with E-state index in [4.69, 9.17) is 14.6 Å². The summed E-state index contributed by atoms with van der Waals surface area (Å²) in [6.07, 6.45) is 4.71. The van der Waals surface area contributed by atoms with Gasteiger partial charge in [-0.3, -0.25) is 0 Å². The Morgan fingerprint density at radius 2 is 2.00 bits per heavy atom. The van der Waals surface area contributed by atoms with Gasteiger partial charge in [0.25, 0.3) is 0 Å². The summed E-state index contributed by atoms with van der Waals surface area (Å²) in [6, 6.07) is 9.89. The van der Waals surface area contributed by atoms with E-state index < -0.39 is 11.8 Å². The normalized spacial score (nSPS) is 10.9. The van der Waals surface area contributed by atoms with Gasteiger partial charge in [-0.2, -0.15) is 0 Å². The predicted molar refractivity (Wildman–Crippen MR) is 99.1 cm³/mol. The number of rotatable bonds is 8. The van der Waals surface area contributed by atoms with Crippen molar-refractivity contribution < 1.29 is 23.8 Å². The standard InChI is InChI=1S/C21H23FO4/c1-3-4-13-25-20-16(9-8-12-23)14-18(22)15(2)19(20)21(24)26-17-10-6-5-7-11-17/h5-11,14,23H,3-4,12-13H2,1-2H3/b9-8+. The Kier molecular flexibility index (Phi) is 7.36. The van der Waals surface area contributed by atoms with Crippen LogP contribution in [-0.4, -0.2) is 24.3 Å². The van der Waals surface area contributed by atoms with Crippen LogP contribution in [0, 0.1) is 12.7 Å². The van der Waals surface area contributed by atoms with Gasteiger partial charge in [0, 0.05) is 11.1 Å². The van der Waals surface area contributed by atoms with Gasteiger partial charge in [-0.05, 0) is 31.5 Å². The molecule has 0 spiro atoms. The van der Waals surface area contributed by atoms with Crippen LogP contribution in [-0.2, 0) is 0 Å². The third kappa shape index (κ3) is 4.92. The molecule has 0 aromatic heterocycles. The molecule has 0 aliphatic carbocycles. The Balaban J connectivity index is 2.47. The van der Waals surface area contributed by atoms with Crippen molar-refractivity contribution >= 4 is 12.0 Å². The molecule has 2 aromatic rings. The molecule has 0 atom stereocenters. The first-order valence-corrected chi connectivity index (χ1v) is 8.59. The fourth-order valence-corrected chi connectivity index (χ4v) is 2.41. The Bertz CT molecular complexity index is 769. The summed E-state index contributed by atoms with van der Waals surface area (Å²) in [6.45, 7) is 3.74. The third-order valence-corrected chi connectivity index (χ3v) is 3.81. The number of unbranched alkanes of at least 4 members (excludes halogenated alkanes) is 1. The summed E-state index contributed by atoms with van der Waals surface area (Å²) in [7, 11) is 0. The molecule has 0 bridgehead atoms. The fraction of sp³-hybridized carbons (Fsp3) is 0.286. The summed E-state index contributed by atoms with van der Waals surface area (Å²) >= 11 is 0. The fourth-order valence-electron chi connectivity index (χ4n) is 2.41. The maximum Gasteiger partial charge on any atom is 0.347 e. The molecule has 0 heterocycles. The molecule has 0 aliphatic heterocycles. The highest BCUT2D eigenvalue weighted by Crippen LogP contribution is 2.32. The minimum atomic E-state index is -0.682.